The van der Waals surface area contributed by atoms with Gasteiger partial charge in [-0.2, -0.15) is 0 Å². The first kappa shape index (κ1) is 24.9. The lowest BCUT2D eigenvalue weighted by molar-refractivity contribution is -0.0548. The Hall–Kier alpha value is -2.19. The minimum Gasteiger partial charge on any atom is -0.492 e. The summed E-state index contributed by atoms with van der Waals surface area (Å²) in [5.41, 5.74) is 0.878. The molecule has 34 heavy (non-hydrogen) atoms. The minimum absolute atomic E-state index is 0.285. The Bertz CT molecular complexity index is 875. The first-order valence-electron chi connectivity index (χ1n) is 12.3. The average Bonchev–Trinajstić information content (AvgIpc) is 3.08. The maximum atomic E-state index is 13.9. The third-order valence-corrected chi connectivity index (χ3v) is 6.86. The van der Waals surface area contributed by atoms with Crippen LogP contribution >= 0.6 is 0 Å². The molecule has 6 nitrogen and oxygen atoms in total. The van der Waals surface area contributed by atoms with Crippen LogP contribution in [0.4, 0.5) is 4.39 Å². The molecule has 1 atom stereocenters. The number of halogens is 1. The van der Waals surface area contributed by atoms with E-state index in [-0.39, 0.29) is 11.6 Å². The van der Waals surface area contributed by atoms with E-state index in [2.05, 4.69) is 34.1 Å². The van der Waals surface area contributed by atoms with Crippen molar-refractivity contribution in [3.63, 3.8) is 0 Å². The molecule has 4 rings (SSSR count). The summed E-state index contributed by atoms with van der Waals surface area (Å²) in [7, 11) is 1.73. The number of nitrogens with zero attached hydrogens (tertiary/aromatic N) is 2. The van der Waals surface area contributed by atoms with Crippen LogP contribution in [0.2, 0.25) is 0 Å². The highest BCUT2D eigenvalue weighted by atomic mass is 19.1. The molecule has 0 radical (unpaired) electrons. The van der Waals surface area contributed by atoms with Crippen molar-refractivity contribution >= 4 is 0 Å². The van der Waals surface area contributed by atoms with Crippen LogP contribution in [-0.4, -0.2) is 81.7 Å². The van der Waals surface area contributed by atoms with Gasteiger partial charge in [0, 0.05) is 39.8 Å². The lowest BCUT2D eigenvalue weighted by atomic mass is 9.95. The fraction of sp³-hybridized carbons (Fsp3) is 0.556. The van der Waals surface area contributed by atoms with E-state index in [4.69, 9.17) is 18.9 Å². The van der Waals surface area contributed by atoms with E-state index in [1.54, 1.807) is 25.3 Å². The predicted molar refractivity (Wildman–Crippen MR) is 130 cm³/mol. The number of likely N-dealkylation sites (tertiary alicyclic amines) is 1. The smallest absolute Gasteiger partial charge is 0.165 e. The van der Waals surface area contributed by atoms with Crippen LogP contribution in [0.25, 0.3) is 0 Å². The zero-order chi connectivity index (χ0) is 23.6. The van der Waals surface area contributed by atoms with Gasteiger partial charge in [0.05, 0.1) is 13.2 Å². The number of rotatable bonds is 10. The van der Waals surface area contributed by atoms with Crippen LogP contribution in [0.5, 0.6) is 11.5 Å². The molecular formula is C27H37FN2O4. The van der Waals surface area contributed by atoms with Gasteiger partial charge in [-0.15, -0.1) is 0 Å². The van der Waals surface area contributed by atoms with Crippen molar-refractivity contribution in [1.82, 2.24) is 9.80 Å². The zero-order valence-corrected chi connectivity index (χ0v) is 20.2. The van der Waals surface area contributed by atoms with Crippen molar-refractivity contribution in [1.29, 1.82) is 0 Å². The van der Waals surface area contributed by atoms with E-state index in [0.717, 1.165) is 77.5 Å². The maximum Gasteiger partial charge on any atom is 0.165 e. The van der Waals surface area contributed by atoms with Crippen LogP contribution in [-0.2, 0) is 16.0 Å². The molecule has 2 heterocycles. The number of methoxy groups -OCH3 is 1. The quantitative estimate of drug-likeness (QED) is 0.521. The number of hydrogen-bond acceptors (Lipinski definition) is 6. The van der Waals surface area contributed by atoms with E-state index in [0.29, 0.717) is 13.2 Å². The van der Waals surface area contributed by atoms with E-state index >= 15 is 0 Å². The summed E-state index contributed by atoms with van der Waals surface area (Å²) < 4.78 is 37.0. The van der Waals surface area contributed by atoms with E-state index in [1.807, 2.05) is 0 Å². The Morgan fingerprint density at radius 1 is 0.912 bits per heavy atom. The molecule has 2 fully saturated rings. The van der Waals surface area contributed by atoms with Gasteiger partial charge in [0.25, 0.3) is 0 Å². The first-order valence-corrected chi connectivity index (χ1v) is 12.3. The topological polar surface area (TPSA) is 43.4 Å². The standard InChI is InChI=1S/C27H37FN2O4/c1-31-27(22-34-26-6-3-2-5-25(26)28)11-4-13-30(14-12-27)21-23-7-9-24(10-8-23)33-20-17-29-15-18-32-19-16-29/h2-3,5-10H,4,11-22H2,1H3. The molecule has 2 saturated heterocycles. The van der Waals surface area contributed by atoms with Gasteiger partial charge in [0.15, 0.2) is 11.6 Å². The molecule has 2 aromatic carbocycles. The van der Waals surface area contributed by atoms with Crippen molar-refractivity contribution in [2.24, 2.45) is 0 Å². The second kappa shape index (κ2) is 12.5. The molecule has 0 N–H and O–H groups in total. The van der Waals surface area contributed by atoms with Crippen molar-refractivity contribution in [2.75, 3.05) is 66.3 Å². The predicted octanol–water partition coefficient (Wildman–Crippen LogP) is 3.99. The minimum atomic E-state index is -0.394. The summed E-state index contributed by atoms with van der Waals surface area (Å²) in [6.07, 6.45) is 2.75. The Morgan fingerprint density at radius 3 is 2.47 bits per heavy atom. The van der Waals surface area contributed by atoms with Crippen molar-refractivity contribution in [2.45, 2.75) is 31.4 Å². The average molecular weight is 473 g/mol. The lowest BCUT2D eigenvalue weighted by Crippen LogP contribution is -2.39. The highest BCUT2D eigenvalue weighted by Crippen LogP contribution is 2.29. The number of hydrogen-bond donors (Lipinski definition) is 0. The molecular weight excluding hydrogens is 435 g/mol. The zero-order valence-electron chi connectivity index (χ0n) is 20.2. The molecule has 1 unspecified atom stereocenters. The molecule has 2 aliphatic rings. The molecule has 2 aliphatic heterocycles. The number of ether oxygens (including phenoxy) is 4. The number of morpholine rings is 1. The molecule has 0 saturated carbocycles. The lowest BCUT2D eigenvalue weighted by Gasteiger charge is -2.31. The third-order valence-electron chi connectivity index (χ3n) is 6.86. The highest BCUT2D eigenvalue weighted by Gasteiger charge is 2.34. The van der Waals surface area contributed by atoms with Crippen molar-refractivity contribution in [3.8, 4) is 11.5 Å². The van der Waals surface area contributed by atoms with Crippen LogP contribution in [0.15, 0.2) is 48.5 Å². The summed E-state index contributed by atoms with van der Waals surface area (Å²) >= 11 is 0. The maximum absolute atomic E-state index is 13.9. The Balaban J connectivity index is 1.23. The molecule has 0 amide bonds. The molecule has 0 spiro atoms. The van der Waals surface area contributed by atoms with Crippen LogP contribution in [0, 0.1) is 5.82 Å². The van der Waals surface area contributed by atoms with E-state index < -0.39 is 5.60 Å². The van der Waals surface area contributed by atoms with Gasteiger partial charge in [-0.05, 0) is 55.6 Å². The van der Waals surface area contributed by atoms with Gasteiger partial charge in [-0.25, -0.2) is 4.39 Å². The Morgan fingerprint density at radius 2 is 1.71 bits per heavy atom. The monoisotopic (exact) mass is 472 g/mol. The number of para-hydroxylation sites is 1. The summed E-state index contributed by atoms with van der Waals surface area (Å²) in [4.78, 5) is 4.83. The first-order chi connectivity index (χ1) is 16.7. The van der Waals surface area contributed by atoms with Crippen LogP contribution in [0.1, 0.15) is 24.8 Å². The van der Waals surface area contributed by atoms with E-state index in [9.17, 15) is 4.39 Å². The molecule has 0 aromatic heterocycles. The molecule has 186 valence electrons. The van der Waals surface area contributed by atoms with Crippen LogP contribution < -0.4 is 9.47 Å². The highest BCUT2D eigenvalue weighted by molar-refractivity contribution is 5.27. The molecule has 7 heteroatoms. The number of benzene rings is 2. The van der Waals surface area contributed by atoms with Crippen LogP contribution in [0.3, 0.4) is 0 Å². The third kappa shape index (κ3) is 7.15. The fourth-order valence-corrected chi connectivity index (χ4v) is 4.63. The molecule has 0 aliphatic carbocycles. The summed E-state index contributed by atoms with van der Waals surface area (Å²) in [6.45, 7) is 8.38. The Kier molecular flexibility index (Phi) is 9.16. The summed E-state index contributed by atoms with van der Waals surface area (Å²) in [5, 5.41) is 0. The summed E-state index contributed by atoms with van der Waals surface area (Å²) in [6, 6.07) is 15.0. The van der Waals surface area contributed by atoms with Gasteiger partial charge < -0.3 is 18.9 Å². The van der Waals surface area contributed by atoms with Crippen molar-refractivity contribution < 1.29 is 23.3 Å². The molecule has 0 bridgehead atoms. The molecule has 2 aromatic rings. The normalized spacial score (nSPS) is 22.3. The second-order valence-corrected chi connectivity index (χ2v) is 9.18. The summed E-state index contributed by atoms with van der Waals surface area (Å²) in [5.74, 6) is 0.862. The van der Waals surface area contributed by atoms with E-state index in [1.165, 1.54) is 11.6 Å². The largest absolute Gasteiger partial charge is 0.492 e. The van der Waals surface area contributed by atoms with Crippen molar-refractivity contribution in [3.05, 3.63) is 59.9 Å². The SMILES string of the molecule is COC1(COc2ccccc2F)CCCN(Cc2ccc(OCCN3CCOCC3)cc2)CC1. The van der Waals surface area contributed by atoms with Gasteiger partial charge in [0.2, 0.25) is 0 Å². The van der Waals surface area contributed by atoms with Gasteiger partial charge in [0.1, 0.15) is 24.6 Å². The Labute approximate surface area is 202 Å². The second-order valence-electron chi connectivity index (χ2n) is 9.18. The van der Waals surface area contributed by atoms with Gasteiger partial charge in [-0.3, -0.25) is 9.80 Å². The van der Waals surface area contributed by atoms with Gasteiger partial charge in [-0.1, -0.05) is 24.3 Å². The fourth-order valence-electron chi connectivity index (χ4n) is 4.63. The van der Waals surface area contributed by atoms with Gasteiger partial charge >= 0.3 is 0 Å².